The van der Waals surface area contributed by atoms with E-state index in [4.69, 9.17) is 42.8 Å². The van der Waals surface area contributed by atoms with Gasteiger partial charge in [0, 0.05) is 12.1 Å². The van der Waals surface area contributed by atoms with Gasteiger partial charge in [0.25, 0.3) is 0 Å². The Balaban J connectivity index is 1.60. The Morgan fingerprint density at radius 2 is 1.78 bits per heavy atom. The minimum Gasteiger partial charge on any atom is -0.410 e. The van der Waals surface area contributed by atoms with Crippen LogP contribution in [0.25, 0.3) is 11.0 Å². The number of nitrogens with zero attached hydrogens (tertiary/aromatic N) is 3. The molecule has 1 saturated carbocycles. The van der Waals surface area contributed by atoms with Crippen LogP contribution in [0.15, 0.2) is 36.8 Å². The van der Waals surface area contributed by atoms with Gasteiger partial charge in [0.05, 0.1) is 33.7 Å². The number of aromatic nitrogens is 3. The van der Waals surface area contributed by atoms with Crippen molar-refractivity contribution < 1.29 is 13.9 Å². The molecule has 2 N–H and O–H groups in total. The van der Waals surface area contributed by atoms with Gasteiger partial charge in [-0.2, -0.15) is 0 Å². The second-order valence-electron chi connectivity index (χ2n) is 10.7. The van der Waals surface area contributed by atoms with Crippen LogP contribution >= 0.6 is 23.2 Å². The molecule has 0 unspecified atom stereocenters. The molecule has 3 heterocycles. The summed E-state index contributed by atoms with van der Waals surface area (Å²) in [6.45, 7) is 10.7. The summed E-state index contributed by atoms with van der Waals surface area (Å²) in [7, 11) is -2.00. The Morgan fingerprint density at radius 3 is 2.46 bits per heavy atom. The van der Waals surface area contributed by atoms with Crippen molar-refractivity contribution in [3.05, 3.63) is 52.4 Å². The van der Waals surface area contributed by atoms with Crippen LogP contribution in [0.1, 0.15) is 58.7 Å². The van der Waals surface area contributed by atoms with E-state index in [1.54, 1.807) is 0 Å². The van der Waals surface area contributed by atoms with Crippen molar-refractivity contribution in [2.24, 2.45) is 5.92 Å². The van der Waals surface area contributed by atoms with Gasteiger partial charge in [0.1, 0.15) is 23.9 Å². The predicted octanol–water partition coefficient (Wildman–Crippen LogP) is 7.16. The average molecular weight is 564 g/mol. The van der Waals surface area contributed by atoms with E-state index in [2.05, 4.69) is 35.3 Å². The summed E-state index contributed by atoms with van der Waals surface area (Å²) in [4.78, 5) is 8.73. The maximum Gasteiger partial charge on any atom is 0.192 e. The van der Waals surface area contributed by atoms with E-state index >= 15 is 0 Å². The van der Waals surface area contributed by atoms with Crippen LogP contribution in [-0.4, -0.2) is 40.8 Å². The van der Waals surface area contributed by atoms with Gasteiger partial charge in [-0.1, -0.05) is 50.0 Å². The first kappa shape index (κ1) is 26.9. The number of rotatable bonds is 8. The van der Waals surface area contributed by atoms with Crippen LogP contribution in [0.5, 0.6) is 0 Å². The van der Waals surface area contributed by atoms with Gasteiger partial charge in [-0.05, 0) is 62.2 Å². The molecular formula is C27H36Cl2N4O3Si. The highest BCUT2D eigenvalue weighted by molar-refractivity contribution is 6.73. The second kappa shape index (κ2) is 10.1. The molecule has 5 rings (SSSR count). The lowest BCUT2D eigenvalue weighted by Crippen LogP contribution is -2.41. The van der Waals surface area contributed by atoms with Gasteiger partial charge in [0.15, 0.2) is 14.1 Å². The summed E-state index contributed by atoms with van der Waals surface area (Å²) < 4.78 is 22.6. The van der Waals surface area contributed by atoms with Crippen LogP contribution in [0.3, 0.4) is 0 Å². The minimum absolute atomic E-state index is 0.00149. The summed E-state index contributed by atoms with van der Waals surface area (Å²) in [5.74, 6) is -0.192. The highest BCUT2D eigenvalue weighted by atomic mass is 35.5. The molecule has 37 heavy (non-hydrogen) atoms. The lowest BCUT2D eigenvalue weighted by Gasteiger charge is -2.38. The monoisotopic (exact) mass is 562 g/mol. The molecule has 5 atom stereocenters. The number of hydrogen-bond donors (Lipinski definition) is 1. The maximum absolute atomic E-state index is 7.25. The number of halogens is 2. The van der Waals surface area contributed by atoms with E-state index in [0.717, 1.165) is 41.1 Å². The molecule has 0 amide bonds. The van der Waals surface area contributed by atoms with Crippen LogP contribution in [0, 0.1) is 5.92 Å². The van der Waals surface area contributed by atoms with Gasteiger partial charge < -0.3 is 24.2 Å². The number of ether oxygens (including phenoxy) is 2. The van der Waals surface area contributed by atoms with Crippen molar-refractivity contribution in [1.29, 1.82) is 0 Å². The molecule has 1 aliphatic heterocycles. The smallest absolute Gasteiger partial charge is 0.192 e. The first-order chi connectivity index (χ1) is 17.6. The largest absolute Gasteiger partial charge is 0.410 e. The van der Waals surface area contributed by atoms with Crippen molar-refractivity contribution in [3.8, 4) is 0 Å². The lowest BCUT2D eigenvalue weighted by atomic mass is 9.92. The number of fused-ring (bicyclic) bond motifs is 2. The summed E-state index contributed by atoms with van der Waals surface area (Å²) in [5.41, 5.74) is 7.99. The first-order valence-corrected chi connectivity index (χ1v) is 16.5. The van der Waals surface area contributed by atoms with Gasteiger partial charge >= 0.3 is 0 Å². The third kappa shape index (κ3) is 4.81. The molecule has 2 aliphatic rings. The molecule has 1 aromatic carbocycles. The third-order valence-corrected chi connectivity index (χ3v) is 13.7. The van der Waals surface area contributed by atoms with Crippen LogP contribution in [0.2, 0.25) is 28.2 Å². The van der Waals surface area contributed by atoms with Crippen LogP contribution < -0.4 is 5.73 Å². The zero-order chi connectivity index (χ0) is 26.5. The Hall–Kier alpha value is -1.68. The maximum atomic E-state index is 7.25. The summed E-state index contributed by atoms with van der Waals surface area (Å²) >= 11 is 12.8. The third-order valence-electron chi connectivity index (χ3n) is 8.35. The zero-order valence-electron chi connectivity index (χ0n) is 22.1. The molecule has 1 aliphatic carbocycles. The van der Waals surface area contributed by atoms with Crippen LogP contribution in [-0.2, 0) is 13.9 Å². The highest BCUT2D eigenvalue weighted by Gasteiger charge is 2.57. The van der Waals surface area contributed by atoms with Crippen LogP contribution in [0.4, 0.5) is 5.82 Å². The van der Waals surface area contributed by atoms with E-state index in [-0.39, 0.29) is 30.3 Å². The fourth-order valence-electron chi connectivity index (χ4n) is 6.18. The van der Waals surface area contributed by atoms with Crippen molar-refractivity contribution in [2.75, 3.05) is 5.73 Å². The summed E-state index contributed by atoms with van der Waals surface area (Å²) in [6.07, 6.45) is 3.82. The second-order valence-corrected chi connectivity index (χ2v) is 16.2. The molecule has 0 bridgehead atoms. The molecular weight excluding hydrogens is 527 g/mol. The fourth-order valence-corrected chi connectivity index (χ4v) is 9.34. The number of anilines is 1. The number of benzene rings is 1. The van der Waals surface area contributed by atoms with Gasteiger partial charge in [-0.3, -0.25) is 0 Å². The van der Waals surface area contributed by atoms with E-state index in [1.165, 1.54) is 6.33 Å². The van der Waals surface area contributed by atoms with Crippen molar-refractivity contribution in [3.63, 3.8) is 0 Å². The van der Waals surface area contributed by atoms with Crippen molar-refractivity contribution in [1.82, 2.24) is 14.5 Å². The van der Waals surface area contributed by atoms with E-state index < -0.39 is 14.1 Å². The molecule has 0 radical (unpaired) electrons. The van der Waals surface area contributed by atoms with Crippen molar-refractivity contribution >= 4 is 48.4 Å². The first-order valence-electron chi connectivity index (χ1n) is 13.2. The number of nitrogen functional groups attached to an aromatic ring is 1. The Bertz CT molecular complexity index is 1270. The van der Waals surface area contributed by atoms with E-state index in [1.807, 2.05) is 44.3 Å². The molecule has 2 aromatic heterocycles. The topological polar surface area (TPSA) is 84.4 Å². The Kier molecular flexibility index (Phi) is 7.37. The Labute approximate surface area is 229 Å². The molecule has 10 heteroatoms. The van der Waals surface area contributed by atoms with Gasteiger partial charge in [-0.15, -0.1) is 0 Å². The molecule has 7 nitrogen and oxygen atoms in total. The fraction of sp³-hybridized carbons (Fsp3) is 0.556. The minimum atomic E-state index is -2.00. The van der Waals surface area contributed by atoms with Gasteiger partial charge in [-0.25, -0.2) is 9.97 Å². The normalized spacial score (nSPS) is 26.0. The van der Waals surface area contributed by atoms with Crippen molar-refractivity contribution in [2.45, 2.75) is 89.3 Å². The van der Waals surface area contributed by atoms with Gasteiger partial charge in [0.2, 0.25) is 0 Å². The SMILES string of the molecule is CC[Si](CC)(CC)O[C@H](c1ccc(Cl)c(Cl)c1)[C@H]1C[C@@H](n2ccc3c(N)ncnc32)[C@@H]2OC(C)(C)O[C@H]12. The summed E-state index contributed by atoms with van der Waals surface area (Å²) in [6, 6.07) is 11.0. The van der Waals surface area contributed by atoms with E-state index in [0.29, 0.717) is 15.9 Å². The number of nitrogens with two attached hydrogens (primary N) is 1. The van der Waals surface area contributed by atoms with E-state index in [9.17, 15) is 0 Å². The zero-order valence-corrected chi connectivity index (χ0v) is 24.6. The summed E-state index contributed by atoms with van der Waals surface area (Å²) in [5, 5.41) is 1.91. The molecule has 3 aromatic rings. The number of hydrogen-bond acceptors (Lipinski definition) is 6. The molecule has 200 valence electrons. The highest BCUT2D eigenvalue weighted by Crippen LogP contribution is 2.53. The Morgan fingerprint density at radius 1 is 1.08 bits per heavy atom. The molecule has 0 spiro atoms. The lowest BCUT2D eigenvalue weighted by molar-refractivity contribution is -0.164. The molecule has 2 fully saturated rings. The predicted molar refractivity (Wildman–Crippen MR) is 150 cm³/mol. The standard InChI is InChI=1S/C27H36Cl2N4O3Si/c1-6-37(7-2,8-3)36-22(16-9-10-19(28)20(29)13-16)18-14-21(24-23(18)34-27(4,5)35-24)33-12-11-17-25(30)31-15-32-26(17)33/h9-13,15,18,21-24H,6-8,14H2,1-5H3,(H2,30,31,32)/t18-,21-,22-,23-,24+/m1/s1. The quantitative estimate of drug-likeness (QED) is 0.293. The average Bonchev–Trinajstić information content (AvgIpc) is 3.54. The molecule has 1 saturated heterocycles.